The van der Waals surface area contributed by atoms with Crippen molar-refractivity contribution < 1.29 is 22.3 Å². The molecule has 198 valence electrons. The minimum Gasteiger partial charge on any atom is -0.373 e. The van der Waals surface area contributed by atoms with Gasteiger partial charge in [0.2, 0.25) is 0 Å². The van der Waals surface area contributed by atoms with E-state index in [1.54, 1.807) is 26.1 Å². The third kappa shape index (κ3) is 4.40. The van der Waals surface area contributed by atoms with Crippen LogP contribution in [0.2, 0.25) is 0 Å². The Bertz CT molecular complexity index is 1600. The maximum Gasteiger partial charge on any atom is 0.416 e. The molecule has 6 rings (SSSR count). The Labute approximate surface area is 215 Å². The van der Waals surface area contributed by atoms with Crippen molar-refractivity contribution in [3.8, 4) is 11.3 Å². The van der Waals surface area contributed by atoms with Crippen LogP contribution in [0.1, 0.15) is 66.3 Å². The van der Waals surface area contributed by atoms with Crippen LogP contribution in [0.4, 0.5) is 17.6 Å². The highest BCUT2D eigenvalue weighted by Crippen LogP contribution is 2.41. The fourth-order valence-electron chi connectivity index (χ4n) is 5.20. The molecule has 1 aliphatic heterocycles. The number of benzene rings is 1. The highest BCUT2D eigenvalue weighted by Gasteiger charge is 2.33. The molecule has 4 heterocycles. The summed E-state index contributed by atoms with van der Waals surface area (Å²) in [5.74, 6) is -1.13. The normalized spacial score (nSPS) is 20.3. The summed E-state index contributed by atoms with van der Waals surface area (Å²) in [6, 6.07) is 6.32. The van der Waals surface area contributed by atoms with E-state index in [-0.39, 0.29) is 28.8 Å². The van der Waals surface area contributed by atoms with Crippen molar-refractivity contribution in [1.29, 1.82) is 0 Å². The molecule has 10 heteroatoms. The first kappa shape index (κ1) is 24.8. The SMILES string of the molecule is Cc1cc2c(-c3ccc(C(F)(F)F)cc3F)nc([C@@H]3CCO[C@@H](c4cnn(C5CC5)c4)C3)cc2c(=O)n1C. The van der Waals surface area contributed by atoms with Crippen LogP contribution in [-0.2, 0) is 18.0 Å². The second-order valence-corrected chi connectivity index (χ2v) is 10.3. The monoisotopic (exact) mass is 526 g/mol. The van der Waals surface area contributed by atoms with E-state index in [9.17, 15) is 18.0 Å². The number of ether oxygens (including phenoxy) is 1. The zero-order valence-electron chi connectivity index (χ0n) is 20.9. The van der Waals surface area contributed by atoms with Gasteiger partial charge in [-0.3, -0.25) is 14.5 Å². The molecule has 0 unspecified atom stereocenters. The van der Waals surface area contributed by atoms with E-state index in [1.807, 2.05) is 17.1 Å². The standard InChI is InChI=1S/C28H26F4N4O2/c1-15-9-21-22(27(37)35(15)2)12-24(34-26(21)20-6-3-18(11-23(20)29)28(30,31)32)16-7-8-38-25(10-16)17-13-33-36(14-17)19-4-5-19/h3,6,9,11-14,16,19,25H,4-5,7-8,10H2,1-2H3/t16-,25-/m1/s1. The zero-order chi connectivity index (χ0) is 26.8. The van der Waals surface area contributed by atoms with Gasteiger partial charge in [-0.25, -0.2) is 4.39 Å². The molecule has 4 aromatic rings. The molecule has 0 amide bonds. The van der Waals surface area contributed by atoms with Gasteiger partial charge in [0, 0.05) is 53.7 Å². The molecule has 2 aliphatic rings. The van der Waals surface area contributed by atoms with Gasteiger partial charge in [0.1, 0.15) is 5.82 Å². The molecular formula is C28H26F4N4O2. The van der Waals surface area contributed by atoms with Crippen molar-refractivity contribution >= 4 is 10.8 Å². The minimum absolute atomic E-state index is 0.0770. The van der Waals surface area contributed by atoms with E-state index in [4.69, 9.17) is 9.72 Å². The number of rotatable bonds is 4. The van der Waals surface area contributed by atoms with E-state index in [2.05, 4.69) is 5.10 Å². The molecule has 3 aromatic heterocycles. The Hall–Kier alpha value is -3.53. The molecule has 1 saturated carbocycles. The number of alkyl halides is 3. The Morgan fingerprint density at radius 2 is 1.87 bits per heavy atom. The van der Waals surface area contributed by atoms with Crippen molar-refractivity contribution in [3.05, 3.63) is 81.4 Å². The highest BCUT2D eigenvalue weighted by molar-refractivity contribution is 5.95. The molecule has 2 atom stereocenters. The lowest BCUT2D eigenvalue weighted by Gasteiger charge is -2.29. The zero-order valence-corrected chi connectivity index (χ0v) is 20.9. The summed E-state index contributed by atoms with van der Waals surface area (Å²) >= 11 is 0. The van der Waals surface area contributed by atoms with Gasteiger partial charge in [0.05, 0.1) is 35.0 Å². The summed E-state index contributed by atoms with van der Waals surface area (Å²) in [4.78, 5) is 18.0. The minimum atomic E-state index is -4.67. The van der Waals surface area contributed by atoms with Crippen LogP contribution >= 0.6 is 0 Å². The van der Waals surface area contributed by atoms with Gasteiger partial charge in [-0.05, 0) is 62.9 Å². The molecule has 0 bridgehead atoms. The average molecular weight is 527 g/mol. The Balaban J connectivity index is 1.45. The van der Waals surface area contributed by atoms with Crippen LogP contribution in [-0.4, -0.2) is 25.9 Å². The van der Waals surface area contributed by atoms with Crippen molar-refractivity contribution in [2.24, 2.45) is 7.05 Å². The van der Waals surface area contributed by atoms with Crippen LogP contribution in [0, 0.1) is 12.7 Å². The number of aromatic nitrogens is 4. The summed E-state index contributed by atoms with van der Waals surface area (Å²) in [5.41, 5.74) is 0.931. The summed E-state index contributed by atoms with van der Waals surface area (Å²) in [6.45, 7) is 2.21. The van der Waals surface area contributed by atoms with Crippen LogP contribution in [0.5, 0.6) is 0 Å². The first-order valence-corrected chi connectivity index (χ1v) is 12.6. The number of fused-ring (bicyclic) bond motifs is 1. The quantitative estimate of drug-likeness (QED) is 0.296. The Morgan fingerprint density at radius 3 is 2.58 bits per heavy atom. The molecule has 0 spiro atoms. The molecule has 2 fully saturated rings. The van der Waals surface area contributed by atoms with Crippen molar-refractivity contribution in [3.63, 3.8) is 0 Å². The molecular weight excluding hydrogens is 500 g/mol. The lowest BCUT2D eigenvalue weighted by Crippen LogP contribution is -2.22. The summed E-state index contributed by atoms with van der Waals surface area (Å²) in [7, 11) is 1.65. The van der Waals surface area contributed by atoms with E-state index >= 15 is 4.39 Å². The van der Waals surface area contributed by atoms with Gasteiger partial charge in [0.15, 0.2) is 0 Å². The van der Waals surface area contributed by atoms with Gasteiger partial charge >= 0.3 is 6.18 Å². The average Bonchev–Trinajstić information content (AvgIpc) is 3.63. The van der Waals surface area contributed by atoms with E-state index in [0.29, 0.717) is 53.7 Å². The fraction of sp³-hybridized carbons (Fsp3) is 0.393. The van der Waals surface area contributed by atoms with E-state index in [0.717, 1.165) is 30.5 Å². The van der Waals surface area contributed by atoms with Crippen molar-refractivity contribution in [1.82, 2.24) is 19.3 Å². The predicted octanol–water partition coefficient (Wildman–Crippen LogP) is 6.23. The predicted molar refractivity (Wildman–Crippen MR) is 133 cm³/mol. The number of pyridine rings is 2. The van der Waals surface area contributed by atoms with Crippen LogP contribution in [0.25, 0.3) is 22.0 Å². The van der Waals surface area contributed by atoms with Gasteiger partial charge in [-0.15, -0.1) is 0 Å². The van der Waals surface area contributed by atoms with E-state index < -0.39 is 17.6 Å². The largest absolute Gasteiger partial charge is 0.416 e. The first-order chi connectivity index (χ1) is 18.1. The second kappa shape index (κ2) is 9.04. The lowest BCUT2D eigenvalue weighted by atomic mass is 9.88. The Kier molecular flexibility index (Phi) is 5.90. The molecule has 0 radical (unpaired) electrons. The fourth-order valence-corrected chi connectivity index (χ4v) is 5.20. The molecule has 38 heavy (non-hydrogen) atoms. The van der Waals surface area contributed by atoms with Gasteiger partial charge in [0.25, 0.3) is 5.56 Å². The van der Waals surface area contributed by atoms with Crippen molar-refractivity contribution in [2.45, 2.75) is 56.8 Å². The Morgan fingerprint density at radius 1 is 1.08 bits per heavy atom. The number of hydrogen-bond acceptors (Lipinski definition) is 4. The molecule has 1 saturated heterocycles. The highest BCUT2D eigenvalue weighted by atomic mass is 19.4. The third-order valence-electron chi connectivity index (χ3n) is 7.66. The maximum atomic E-state index is 15.2. The first-order valence-electron chi connectivity index (χ1n) is 12.6. The molecule has 1 aliphatic carbocycles. The topological polar surface area (TPSA) is 61.9 Å². The molecule has 1 aromatic carbocycles. The molecule has 6 nitrogen and oxygen atoms in total. The van der Waals surface area contributed by atoms with Gasteiger partial charge in [-0.2, -0.15) is 18.3 Å². The van der Waals surface area contributed by atoms with Crippen LogP contribution in [0.3, 0.4) is 0 Å². The van der Waals surface area contributed by atoms with Crippen LogP contribution < -0.4 is 5.56 Å². The number of hydrogen-bond donors (Lipinski definition) is 0. The van der Waals surface area contributed by atoms with Crippen molar-refractivity contribution in [2.75, 3.05) is 6.61 Å². The maximum absolute atomic E-state index is 15.2. The number of halogens is 4. The summed E-state index contributed by atoms with van der Waals surface area (Å²) in [6.07, 6.45) is 2.44. The summed E-state index contributed by atoms with van der Waals surface area (Å²) in [5, 5.41) is 5.22. The number of nitrogens with zero attached hydrogens (tertiary/aromatic N) is 4. The smallest absolute Gasteiger partial charge is 0.373 e. The molecule has 0 N–H and O–H groups in total. The van der Waals surface area contributed by atoms with Gasteiger partial charge in [-0.1, -0.05) is 0 Å². The summed E-state index contributed by atoms with van der Waals surface area (Å²) < 4.78 is 64.2. The lowest BCUT2D eigenvalue weighted by molar-refractivity contribution is -0.137. The third-order valence-corrected chi connectivity index (χ3v) is 7.66. The second-order valence-electron chi connectivity index (χ2n) is 10.3. The van der Waals surface area contributed by atoms with Crippen LogP contribution in [0.15, 0.2) is 47.5 Å². The van der Waals surface area contributed by atoms with Gasteiger partial charge < -0.3 is 9.30 Å². The number of aryl methyl sites for hydroxylation is 1. The van der Waals surface area contributed by atoms with E-state index in [1.165, 1.54) is 4.57 Å².